The lowest BCUT2D eigenvalue weighted by Gasteiger charge is -2.46. The molecule has 4 N–H and O–H groups in total. The summed E-state index contributed by atoms with van der Waals surface area (Å²) in [7, 11) is 0. The van der Waals surface area contributed by atoms with Crippen molar-refractivity contribution in [1.29, 1.82) is 0 Å². The zero-order valence-corrected chi connectivity index (χ0v) is 13.8. The second kappa shape index (κ2) is 6.13. The first-order valence-corrected chi connectivity index (χ1v) is 8.21. The summed E-state index contributed by atoms with van der Waals surface area (Å²) in [5.41, 5.74) is 0.0358. The SMILES string of the molecule is CC1(C)CC(NC(=O)NC2CCCCC2O)CC(C)(C)N1. The molecule has 0 radical (unpaired) electrons. The van der Waals surface area contributed by atoms with Gasteiger partial charge in [-0.2, -0.15) is 0 Å². The van der Waals surface area contributed by atoms with Crippen molar-refractivity contribution in [3.63, 3.8) is 0 Å². The van der Waals surface area contributed by atoms with Crippen LogP contribution in [0.1, 0.15) is 66.2 Å². The highest BCUT2D eigenvalue weighted by Gasteiger charge is 2.38. The van der Waals surface area contributed by atoms with Gasteiger partial charge in [-0.3, -0.25) is 0 Å². The second-order valence-electron chi connectivity index (χ2n) is 8.07. The predicted octanol–water partition coefficient (Wildman–Crippen LogP) is 1.90. The van der Waals surface area contributed by atoms with E-state index in [1.165, 1.54) is 0 Å². The molecule has 0 bridgehead atoms. The minimum Gasteiger partial charge on any atom is -0.391 e. The Morgan fingerprint density at radius 2 is 1.62 bits per heavy atom. The molecular weight excluding hydrogens is 266 g/mol. The van der Waals surface area contributed by atoms with E-state index in [1.54, 1.807) is 0 Å². The maximum atomic E-state index is 12.2. The molecule has 2 aliphatic rings. The van der Waals surface area contributed by atoms with Gasteiger partial charge in [0, 0.05) is 17.1 Å². The van der Waals surface area contributed by atoms with E-state index in [2.05, 4.69) is 43.6 Å². The zero-order valence-electron chi connectivity index (χ0n) is 13.8. The van der Waals surface area contributed by atoms with E-state index in [4.69, 9.17) is 0 Å². The fourth-order valence-corrected chi connectivity index (χ4v) is 4.10. The normalized spacial score (nSPS) is 32.4. The highest BCUT2D eigenvalue weighted by Crippen LogP contribution is 2.28. The average Bonchev–Trinajstić information content (AvgIpc) is 2.27. The number of carbonyl (C=O) groups is 1. The van der Waals surface area contributed by atoms with Crippen LogP contribution in [0.4, 0.5) is 4.79 Å². The van der Waals surface area contributed by atoms with Crippen LogP contribution >= 0.6 is 0 Å². The molecule has 0 aromatic heterocycles. The molecule has 2 rings (SSSR count). The van der Waals surface area contributed by atoms with E-state index in [1.807, 2.05) is 0 Å². The molecule has 5 heteroatoms. The van der Waals surface area contributed by atoms with Gasteiger partial charge in [-0.25, -0.2) is 4.79 Å². The average molecular weight is 297 g/mol. The molecule has 1 heterocycles. The summed E-state index contributed by atoms with van der Waals surface area (Å²) < 4.78 is 0. The first kappa shape index (κ1) is 16.6. The third-order valence-electron chi connectivity index (χ3n) is 4.57. The number of urea groups is 1. The molecule has 2 fully saturated rings. The lowest BCUT2D eigenvalue weighted by atomic mass is 9.79. The van der Waals surface area contributed by atoms with Crippen LogP contribution < -0.4 is 16.0 Å². The van der Waals surface area contributed by atoms with E-state index in [0.717, 1.165) is 38.5 Å². The van der Waals surface area contributed by atoms with Gasteiger partial charge in [0.25, 0.3) is 0 Å². The summed E-state index contributed by atoms with van der Waals surface area (Å²) >= 11 is 0. The van der Waals surface area contributed by atoms with Crippen LogP contribution in [0.2, 0.25) is 0 Å². The van der Waals surface area contributed by atoms with Crippen LogP contribution in [0.15, 0.2) is 0 Å². The minimum atomic E-state index is -0.398. The number of carbonyl (C=O) groups excluding carboxylic acids is 1. The standard InChI is InChI=1S/C16H31N3O2/c1-15(2)9-11(10-16(3,4)19-15)17-14(21)18-12-7-5-6-8-13(12)20/h11-13,19-20H,5-10H2,1-4H3,(H2,17,18,21). The van der Waals surface area contributed by atoms with Gasteiger partial charge in [-0.15, -0.1) is 0 Å². The molecule has 2 unspecified atom stereocenters. The maximum Gasteiger partial charge on any atom is 0.315 e. The lowest BCUT2D eigenvalue weighted by Crippen LogP contribution is -2.63. The van der Waals surface area contributed by atoms with Gasteiger partial charge in [0.2, 0.25) is 0 Å². The van der Waals surface area contributed by atoms with E-state index < -0.39 is 6.10 Å². The first-order valence-electron chi connectivity index (χ1n) is 8.21. The molecule has 0 aromatic carbocycles. The molecule has 0 spiro atoms. The maximum absolute atomic E-state index is 12.2. The summed E-state index contributed by atoms with van der Waals surface area (Å²) in [6.45, 7) is 8.69. The smallest absolute Gasteiger partial charge is 0.315 e. The van der Waals surface area contributed by atoms with Crippen LogP contribution in [-0.4, -0.2) is 40.4 Å². The molecule has 1 aliphatic heterocycles. The number of amides is 2. The Hall–Kier alpha value is -0.810. The van der Waals surface area contributed by atoms with Crippen LogP contribution in [-0.2, 0) is 0 Å². The lowest BCUT2D eigenvalue weighted by molar-refractivity contribution is 0.0924. The van der Waals surface area contributed by atoms with Crippen LogP contribution in [0.25, 0.3) is 0 Å². The number of nitrogens with one attached hydrogen (secondary N) is 3. The van der Waals surface area contributed by atoms with Crippen LogP contribution in [0.3, 0.4) is 0 Å². The summed E-state index contributed by atoms with van der Waals surface area (Å²) in [6.07, 6.45) is 5.22. The topological polar surface area (TPSA) is 73.4 Å². The van der Waals surface area contributed by atoms with Crippen molar-refractivity contribution in [3.8, 4) is 0 Å². The minimum absolute atomic E-state index is 0.0179. The Labute approximate surface area is 128 Å². The predicted molar refractivity (Wildman–Crippen MR) is 84.2 cm³/mol. The van der Waals surface area contributed by atoms with Gasteiger partial charge in [0.05, 0.1) is 12.1 Å². The number of hydrogen-bond acceptors (Lipinski definition) is 3. The van der Waals surface area contributed by atoms with Crippen LogP contribution in [0.5, 0.6) is 0 Å². The molecule has 5 nitrogen and oxygen atoms in total. The summed E-state index contributed by atoms with van der Waals surface area (Å²) in [6, 6.07) is -0.0714. The van der Waals surface area contributed by atoms with Crippen molar-refractivity contribution in [3.05, 3.63) is 0 Å². The molecule has 122 valence electrons. The van der Waals surface area contributed by atoms with Crippen molar-refractivity contribution < 1.29 is 9.90 Å². The third kappa shape index (κ3) is 4.85. The molecule has 2 atom stereocenters. The van der Waals surface area contributed by atoms with E-state index in [0.29, 0.717) is 0 Å². The zero-order chi connectivity index (χ0) is 15.7. The van der Waals surface area contributed by atoms with E-state index in [-0.39, 0.29) is 29.2 Å². The Balaban J connectivity index is 1.87. The summed E-state index contributed by atoms with van der Waals surface area (Å²) in [4.78, 5) is 12.2. The number of rotatable bonds is 2. The van der Waals surface area contributed by atoms with Crippen molar-refractivity contribution in [2.24, 2.45) is 0 Å². The molecule has 21 heavy (non-hydrogen) atoms. The van der Waals surface area contributed by atoms with Gasteiger partial charge >= 0.3 is 6.03 Å². The highest BCUT2D eigenvalue weighted by molar-refractivity contribution is 5.74. The second-order valence-corrected chi connectivity index (χ2v) is 8.07. The summed E-state index contributed by atoms with van der Waals surface area (Å²) in [5.74, 6) is 0. The molecular formula is C16H31N3O2. The van der Waals surface area contributed by atoms with Crippen molar-refractivity contribution >= 4 is 6.03 Å². The van der Waals surface area contributed by atoms with Gasteiger partial charge in [0.15, 0.2) is 0 Å². The fourth-order valence-electron chi connectivity index (χ4n) is 4.10. The van der Waals surface area contributed by atoms with Gasteiger partial charge < -0.3 is 21.1 Å². The Morgan fingerprint density at radius 3 is 2.19 bits per heavy atom. The molecule has 2 amide bonds. The number of aliphatic hydroxyl groups is 1. The fraction of sp³-hybridized carbons (Fsp3) is 0.938. The first-order chi connectivity index (χ1) is 9.67. The molecule has 1 aliphatic carbocycles. The van der Waals surface area contributed by atoms with Crippen LogP contribution in [0, 0.1) is 0 Å². The summed E-state index contributed by atoms with van der Waals surface area (Å²) in [5, 5.41) is 19.6. The van der Waals surface area contributed by atoms with Crippen molar-refractivity contribution in [2.75, 3.05) is 0 Å². The Morgan fingerprint density at radius 1 is 1.05 bits per heavy atom. The quantitative estimate of drug-likeness (QED) is 0.629. The van der Waals surface area contributed by atoms with E-state index >= 15 is 0 Å². The van der Waals surface area contributed by atoms with Crippen molar-refractivity contribution in [2.45, 2.75) is 95.5 Å². The monoisotopic (exact) mass is 297 g/mol. The largest absolute Gasteiger partial charge is 0.391 e. The van der Waals surface area contributed by atoms with Gasteiger partial charge in [-0.1, -0.05) is 12.8 Å². The van der Waals surface area contributed by atoms with Gasteiger partial charge in [0.1, 0.15) is 0 Å². The van der Waals surface area contributed by atoms with Gasteiger partial charge in [-0.05, 0) is 53.4 Å². The number of hydrogen-bond donors (Lipinski definition) is 4. The number of aliphatic hydroxyl groups excluding tert-OH is 1. The Bertz CT molecular complexity index is 366. The molecule has 0 aromatic rings. The molecule has 1 saturated heterocycles. The number of piperidine rings is 1. The Kier molecular flexibility index (Phi) is 4.83. The van der Waals surface area contributed by atoms with E-state index in [9.17, 15) is 9.90 Å². The molecule has 1 saturated carbocycles. The third-order valence-corrected chi connectivity index (χ3v) is 4.57. The van der Waals surface area contributed by atoms with Crippen molar-refractivity contribution in [1.82, 2.24) is 16.0 Å². The highest BCUT2D eigenvalue weighted by atomic mass is 16.3.